The third kappa shape index (κ3) is 4.23. The number of hydrogen-bond donors (Lipinski definition) is 0. The standard InChI is InChI=1S/C16H21NO3/c1-4-11-17(12-15(18)20-6-3)16(19)14-10-8-7-9-13(14)5-2/h4,7-10H,1,5-6,11-12H2,2-3H3. The molecule has 0 N–H and O–H groups in total. The molecule has 1 amide bonds. The molecule has 0 atom stereocenters. The second kappa shape index (κ2) is 8.15. The maximum absolute atomic E-state index is 12.5. The van der Waals surface area contributed by atoms with Crippen molar-refractivity contribution in [1.29, 1.82) is 0 Å². The molecule has 0 aliphatic rings. The Kier molecular flexibility index (Phi) is 6.50. The SMILES string of the molecule is C=CCN(CC(=O)OCC)C(=O)c1ccccc1CC. The zero-order chi connectivity index (χ0) is 15.0. The normalized spacial score (nSPS) is 9.90. The lowest BCUT2D eigenvalue weighted by Crippen LogP contribution is -2.37. The Morgan fingerprint density at radius 3 is 2.60 bits per heavy atom. The Morgan fingerprint density at radius 1 is 1.30 bits per heavy atom. The molecule has 1 aromatic carbocycles. The van der Waals surface area contributed by atoms with E-state index in [-0.39, 0.29) is 12.5 Å². The van der Waals surface area contributed by atoms with Crippen LogP contribution in [0.3, 0.4) is 0 Å². The van der Waals surface area contributed by atoms with Crippen LogP contribution in [-0.4, -0.2) is 36.5 Å². The number of amides is 1. The van der Waals surface area contributed by atoms with Crippen LogP contribution in [0.4, 0.5) is 0 Å². The predicted molar refractivity (Wildman–Crippen MR) is 78.6 cm³/mol. The minimum atomic E-state index is -0.406. The van der Waals surface area contributed by atoms with E-state index in [1.54, 1.807) is 19.1 Å². The van der Waals surface area contributed by atoms with E-state index in [4.69, 9.17) is 4.74 Å². The molecule has 0 bridgehead atoms. The average Bonchev–Trinajstić information content (AvgIpc) is 2.46. The minimum absolute atomic E-state index is 0.0588. The van der Waals surface area contributed by atoms with Gasteiger partial charge in [-0.15, -0.1) is 6.58 Å². The molecule has 0 spiro atoms. The van der Waals surface area contributed by atoms with Crippen molar-refractivity contribution >= 4 is 11.9 Å². The number of aryl methyl sites for hydroxylation is 1. The summed E-state index contributed by atoms with van der Waals surface area (Å²) in [4.78, 5) is 25.5. The van der Waals surface area contributed by atoms with Crippen LogP contribution < -0.4 is 0 Å². The Balaban J connectivity index is 2.93. The van der Waals surface area contributed by atoms with Crippen molar-refractivity contribution in [3.05, 3.63) is 48.0 Å². The molecule has 20 heavy (non-hydrogen) atoms. The lowest BCUT2D eigenvalue weighted by molar-refractivity contribution is -0.143. The van der Waals surface area contributed by atoms with Gasteiger partial charge in [0.1, 0.15) is 6.54 Å². The first-order valence-corrected chi connectivity index (χ1v) is 6.77. The van der Waals surface area contributed by atoms with E-state index in [0.29, 0.717) is 18.7 Å². The number of benzene rings is 1. The molecule has 108 valence electrons. The predicted octanol–water partition coefficient (Wildman–Crippen LogP) is 2.44. The summed E-state index contributed by atoms with van der Waals surface area (Å²) in [7, 11) is 0. The van der Waals surface area contributed by atoms with Crippen LogP contribution in [0.15, 0.2) is 36.9 Å². The summed E-state index contributed by atoms with van der Waals surface area (Å²) in [6.45, 7) is 7.92. The number of esters is 1. The Hall–Kier alpha value is -2.10. The Labute approximate surface area is 120 Å². The molecule has 0 aromatic heterocycles. The first-order valence-electron chi connectivity index (χ1n) is 6.77. The van der Waals surface area contributed by atoms with Crippen LogP contribution in [0.25, 0.3) is 0 Å². The van der Waals surface area contributed by atoms with Crippen molar-refractivity contribution in [3.8, 4) is 0 Å². The maximum Gasteiger partial charge on any atom is 0.325 e. The van der Waals surface area contributed by atoms with Crippen LogP contribution in [0.2, 0.25) is 0 Å². The molecule has 4 nitrogen and oxygen atoms in total. The molecular formula is C16H21NO3. The zero-order valence-electron chi connectivity index (χ0n) is 12.1. The fourth-order valence-corrected chi connectivity index (χ4v) is 1.95. The van der Waals surface area contributed by atoms with Crippen molar-refractivity contribution in [1.82, 2.24) is 4.90 Å². The molecule has 0 unspecified atom stereocenters. The highest BCUT2D eigenvalue weighted by Crippen LogP contribution is 2.12. The second-order valence-electron chi connectivity index (χ2n) is 4.29. The highest BCUT2D eigenvalue weighted by atomic mass is 16.5. The van der Waals surface area contributed by atoms with Gasteiger partial charge < -0.3 is 9.64 Å². The number of carbonyl (C=O) groups is 2. The van der Waals surface area contributed by atoms with Crippen LogP contribution in [0, 0.1) is 0 Å². The molecule has 1 aromatic rings. The van der Waals surface area contributed by atoms with Crippen molar-refractivity contribution in [3.63, 3.8) is 0 Å². The Bertz CT molecular complexity index is 482. The molecule has 0 heterocycles. The summed E-state index contributed by atoms with van der Waals surface area (Å²) in [5.74, 6) is -0.577. The summed E-state index contributed by atoms with van der Waals surface area (Å²) >= 11 is 0. The largest absolute Gasteiger partial charge is 0.465 e. The molecule has 0 radical (unpaired) electrons. The van der Waals surface area contributed by atoms with E-state index in [0.717, 1.165) is 12.0 Å². The van der Waals surface area contributed by atoms with Gasteiger partial charge in [-0.25, -0.2) is 0 Å². The molecule has 1 rings (SSSR count). The van der Waals surface area contributed by atoms with Gasteiger partial charge in [-0.05, 0) is 25.0 Å². The molecular weight excluding hydrogens is 254 g/mol. The van der Waals surface area contributed by atoms with Gasteiger partial charge in [-0.1, -0.05) is 31.2 Å². The lowest BCUT2D eigenvalue weighted by atomic mass is 10.0. The summed E-state index contributed by atoms with van der Waals surface area (Å²) in [5, 5.41) is 0. The molecule has 0 aliphatic heterocycles. The number of hydrogen-bond acceptors (Lipinski definition) is 3. The maximum atomic E-state index is 12.5. The second-order valence-corrected chi connectivity index (χ2v) is 4.29. The van der Waals surface area contributed by atoms with Gasteiger partial charge in [0.15, 0.2) is 0 Å². The van der Waals surface area contributed by atoms with Gasteiger partial charge in [0.2, 0.25) is 0 Å². The van der Waals surface area contributed by atoms with Crippen LogP contribution >= 0.6 is 0 Å². The Morgan fingerprint density at radius 2 is 2.00 bits per heavy atom. The van der Waals surface area contributed by atoms with Gasteiger partial charge in [-0.2, -0.15) is 0 Å². The first kappa shape index (κ1) is 16.0. The molecule has 4 heteroatoms. The van der Waals surface area contributed by atoms with Gasteiger partial charge in [-0.3, -0.25) is 9.59 Å². The van der Waals surface area contributed by atoms with Crippen LogP contribution in [0.1, 0.15) is 29.8 Å². The quantitative estimate of drug-likeness (QED) is 0.567. The summed E-state index contributed by atoms with van der Waals surface area (Å²) < 4.78 is 4.89. The van der Waals surface area contributed by atoms with Gasteiger partial charge in [0, 0.05) is 12.1 Å². The number of ether oxygens (including phenoxy) is 1. The number of carbonyl (C=O) groups excluding carboxylic acids is 2. The molecule has 0 fully saturated rings. The number of rotatable bonds is 7. The van der Waals surface area contributed by atoms with E-state index in [1.807, 2.05) is 25.1 Å². The molecule has 0 saturated heterocycles. The van der Waals surface area contributed by atoms with Crippen molar-refractivity contribution in [2.75, 3.05) is 19.7 Å². The lowest BCUT2D eigenvalue weighted by Gasteiger charge is -2.21. The highest BCUT2D eigenvalue weighted by molar-refractivity contribution is 5.97. The van der Waals surface area contributed by atoms with Crippen LogP contribution in [-0.2, 0) is 16.0 Å². The van der Waals surface area contributed by atoms with E-state index in [2.05, 4.69) is 6.58 Å². The summed E-state index contributed by atoms with van der Waals surface area (Å²) in [6.07, 6.45) is 2.37. The van der Waals surface area contributed by atoms with Gasteiger partial charge in [0.05, 0.1) is 6.61 Å². The van der Waals surface area contributed by atoms with E-state index in [1.165, 1.54) is 4.90 Å². The van der Waals surface area contributed by atoms with Crippen LogP contribution in [0.5, 0.6) is 0 Å². The molecule has 0 saturated carbocycles. The van der Waals surface area contributed by atoms with Gasteiger partial charge in [0.25, 0.3) is 5.91 Å². The fourth-order valence-electron chi connectivity index (χ4n) is 1.95. The highest BCUT2D eigenvalue weighted by Gasteiger charge is 2.20. The minimum Gasteiger partial charge on any atom is -0.465 e. The fraction of sp³-hybridized carbons (Fsp3) is 0.375. The van der Waals surface area contributed by atoms with Gasteiger partial charge >= 0.3 is 5.97 Å². The summed E-state index contributed by atoms with van der Waals surface area (Å²) in [5.41, 5.74) is 1.59. The topological polar surface area (TPSA) is 46.6 Å². The number of nitrogens with zero attached hydrogens (tertiary/aromatic N) is 1. The van der Waals surface area contributed by atoms with E-state index >= 15 is 0 Å². The summed E-state index contributed by atoms with van der Waals surface area (Å²) in [6, 6.07) is 7.42. The monoisotopic (exact) mass is 275 g/mol. The smallest absolute Gasteiger partial charge is 0.325 e. The first-order chi connectivity index (χ1) is 9.63. The third-order valence-corrected chi connectivity index (χ3v) is 2.89. The van der Waals surface area contributed by atoms with Crippen molar-refractivity contribution < 1.29 is 14.3 Å². The van der Waals surface area contributed by atoms with Crippen molar-refractivity contribution in [2.45, 2.75) is 20.3 Å². The molecule has 0 aliphatic carbocycles. The van der Waals surface area contributed by atoms with E-state index < -0.39 is 5.97 Å². The third-order valence-electron chi connectivity index (χ3n) is 2.89. The average molecular weight is 275 g/mol. The van der Waals surface area contributed by atoms with E-state index in [9.17, 15) is 9.59 Å². The zero-order valence-corrected chi connectivity index (χ0v) is 12.1. The van der Waals surface area contributed by atoms with Crippen molar-refractivity contribution in [2.24, 2.45) is 0 Å².